The van der Waals surface area contributed by atoms with Crippen molar-refractivity contribution in [2.75, 3.05) is 9.80 Å². The lowest BCUT2D eigenvalue weighted by Gasteiger charge is -2.33. The minimum absolute atomic E-state index is 0.00776. The van der Waals surface area contributed by atoms with Crippen molar-refractivity contribution in [2.45, 2.75) is 32.4 Å². The molecule has 242 valence electrons. The van der Waals surface area contributed by atoms with Gasteiger partial charge >= 0.3 is 6.18 Å². The van der Waals surface area contributed by atoms with Gasteiger partial charge in [0.25, 0.3) is 23.6 Å². The molecular formula is C37H27F3N2O6. The standard InChI is InChI=1S/C37H27F3N2O6/c1-22-20-32(43)41(34(22)45)26-8-16-30(17-9-26)47-28-12-4-24(5-13-28)36(3,37(38,39)40)25-6-14-29(15-7-25)48-31-18-10-27(11-19-31)42-33(44)21-23(2)35(42)46/h4-21H,1-3H3. The van der Waals surface area contributed by atoms with Gasteiger partial charge in [0.2, 0.25) is 0 Å². The fraction of sp³-hybridized carbons (Fsp3) is 0.135. The summed E-state index contributed by atoms with van der Waals surface area (Å²) >= 11 is 0. The van der Waals surface area contributed by atoms with E-state index in [2.05, 4.69) is 0 Å². The molecule has 0 aliphatic carbocycles. The van der Waals surface area contributed by atoms with Crippen molar-refractivity contribution in [3.8, 4) is 23.0 Å². The molecule has 4 aromatic carbocycles. The average Bonchev–Trinajstić information content (AvgIpc) is 3.47. The molecule has 4 amide bonds. The maximum Gasteiger partial charge on any atom is 0.402 e. The Kier molecular flexibility index (Phi) is 8.00. The van der Waals surface area contributed by atoms with Crippen molar-refractivity contribution in [3.05, 3.63) is 131 Å². The largest absolute Gasteiger partial charge is 0.457 e. The Morgan fingerprint density at radius 1 is 0.500 bits per heavy atom. The van der Waals surface area contributed by atoms with Crippen LogP contribution in [0, 0.1) is 0 Å². The molecule has 4 aromatic rings. The first kappa shape index (κ1) is 32.0. The summed E-state index contributed by atoms with van der Waals surface area (Å²) in [5.74, 6) is -0.377. The molecule has 0 saturated heterocycles. The minimum atomic E-state index is -4.65. The molecule has 0 atom stereocenters. The molecule has 2 aliphatic rings. The molecule has 0 aromatic heterocycles. The SMILES string of the molecule is CC1=CC(=O)N(c2ccc(Oc3ccc(C(C)(c4ccc(Oc5ccc(N6C(=O)C=C(C)C6=O)cc5)cc4)C(F)(F)F)cc3)cc2)C1=O. The summed E-state index contributed by atoms with van der Waals surface area (Å²) in [6.45, 7) is 4.22. The Bertz CT molecular complexity index is 1860. The topological polar surface area (TPSA) is 93.2 Å². The highest BCUT2D eigenvalue weighted by atomic mass is 19.4. The van der Waals surface area contributed by atoms with Crippen molar-refractivity contribution in [3.63, 3.8) is 0 Å². The molecule has 48 heavy (non-hydrogen) atoms. The quantitative estimate of drug-likeness (QED) is 0.181. The molecule has 6 rings (SSSR count). The summed E-state index contributed by atoms with van der Waals surface area (Å²) in [6.07, 6.45) is -2.13. The Labute approximate surface area is 273 Å². The maximum absolute atomic E-state index is 14.7. The van der Waals surface area contributed by atoms with Crippen LogP contribution in [0.25, 0.3) is 0 Å². The van der Waals surface area contributed by atoms with Crippen LogP contribution in [0.3, 0.4) is 0 Å². The van der Waals surface area contributed by atoms with Crippen LogP contribution in [0.2, 0.25) is 0 Å². The van der Waals surface area contributed by atoms with Gasteiger partial charge in [0.05, 0.1) is 11.4 Å². The summed E-state index contributed by atoms with van der Waals surface area (Å²) in [5.41, 5.74) is -0.965. The predicted molar refractivity (Wildman–Crippen MR) is 171 cm³/mol. The molecule has 0 N–H and O–H groups in total. The van der Waals surface area contributed by atoms with E-state index in [0.29, 0.717) is 45.5 Å². The van der Waals surface area contributed by atoms with Crippen molar-refractivity contribution in [1.29, 1.82) is 0 Å². The fourth-order valence-corrected chi connectivity index (χ4v) is 5.47. The first-order valence-corrected chi connectivity index (χ1v) is 14.7. The number of amides is 4. The first-order chi connectivity index (χ1) is 22.8. The first-order valence-electron chi connectivity index (χ1n) is 14.7. The third kappa shape index (κ3) is 5.74. The van der Waals surface area contributed by atoms with Gasteiger partial charge in [-0.3, -0.25) is 19.2 Å². The average molecular weight is 653 g/mol. The number of hydrogen-bond donors (Lipinski definition) is 0. The summed E-state index contributed by atoms with van der Waals surface area (Å²) in [6, 6.07) is 23.6. The van der Waals surface area contributed by atoms with Gasteiger partial charge in [-0.15, -0.1) is 0 Å². The number of halogens is 3. The third-order valence-electron chi connectivity index (χ3n) is 8.29. The molecular weight excluding hydrogens is 625 g/mol. The Hall–Kier alpha value is -5.97. The van der Waals surface area contributed by atoms with Crippen LogP contribution in [-0.4, -0.2) is 29.8 Å². The lowest BCUT2D eigenvalue weighted by molar-refractivity contribution is -0.173. The van der Waals surface area contributed by atoms with Gasteiger partial charge in [0.15, 0.2) is 0 Å². The zero-order valence-corrected chi connectivity index (χ0v) is 25.9. The molecule has 0 bridgehead atoms. The highest BCUT2D eigenvalue weighted by molar-refractivity contribution is 6.31. The van der Waals surface area contributed by atoms with E-state index in [1.165, 1.54) is 60.7 Å². The molecule has 0 spiro atoms. The molecule has 0 saturated carbocycles. The molecule has 2 heterocycles. The normalized spacial score (nSPS) is 15.2. The molecule has 11 heteroatoms. The lowest BCUT2D eigenvalue weighted by atomic mass is 9.75. The Balaban J connectivity index is 1.15. The number of anilines is 2. The van der Waals surface area contributed by atoms with Crippen LogP contribution in [0.4, 0.5) is 24.5 Å². The highest BCUT2D eigenvalue weighted by Crippen LogP contribution is 2.47. The third-order valence-corrected chi connectivity index (χ3v) is 8.29. The van der Waals surface area contributed by atoms with Gasteiger partial charge in [-0.05, 0) is 105 Å². The molecule has 0 radical (unpaired) electrons. The number of imide groups is 2. The van der Waals surface area contributed by atoms with E-state index in [9.17, 15) is 32.3 Å². The van der Waals surface area contributed by atoms with Crippen molar-refractivity contribution >= 4 is 35.0 Å². The second-order valence-electron chi connectivity index (χ2n) is 11.5. The van der Waals surface area contributed by atoms with E-state index in [4.69, 9.17) is 9.47 Å². The van der Waals surface area contributed by atoms with Gasteiger partial charge in [-0.25, -0.2) is 9.80 Å². The zero-order chi connectivity index (χ0) is 34.4. The van der Waals surface area contributed by atoms with E-state index in [1.807, 2.05) is 0 Å². The predicted octanol–water partition coefficient (Wildman–Crippen LogP) is 7.78. The number of ether oxygens (including phenoxy) is 2. The number of benzene rings is 4. The molecule has 8 nitrogen and oxygen atoms in total. The van der Waals surface area contributed by atoms with Gasteiger partial charge in [-0.1, -0.05) is 24.3 Å². The number of carbonyl (C=O) groups is 4. The summed E-state index contributed by atoms with van der Waals surface area (Å²) in [5, 5.41) is 0. The Morgan fingerprint density at radius 3 is 1.04 bits per heavy atom. The van der Waals surface area contributed by atoms with Crippen LogP contribution < -0.4 is 19.3 Å². The van der Waals surface area contributed by atoms with Crippen LogP contribution >= 0.6 is 0 Å². The van der Waals surface area contributed by atoms with E-state index in [-0.39, 0.29) is 11.1 Å². The highest BCUT2D eigenvalue weighted by Gasteiger charge is 2.53. The number of alkyl halides is 3. The van der Waals surface area contributed by atoms with Crippen LogP contribution in [0.1, 0.15) is 31.9 Å². The van der Waals surface area contributed by atoms with E-state index in [0.717, 1.165) is 16.7 Å². The fourth-order valence-electron chi connectivity index (χ4n) is 5.47. The van der Waals surface area contributed by atoms with Crippen molar-refractivity contribution < 1.29 is 41.8 Å². The van der Waals surface area contributed by atoms with Gasteiger partial charge in [0.1, 0.15) is 28.4 Å². The van der Waals surface area contributed by atoms with Gasteiger partial charge < -0.3 is 9.47 Å². The lowest BCUT2D eigenvalue weighted by Crippen LogP contribution is -2.40. The smallest absolute Gasteiger partial charge is 0.402 e. The van der Waals surface area contributed by atoms with Crippen LogP contribution in [0.5, 0.6) is 23.0 Å². The van der Waals surface area contributed by atoms with Crippen molar-refractivity contribution in [2.24, 2.45) is 0 Å². The zero-order valence-electron chi connectivity index (χ0n) is 25.9. The van der Waals surface area contributed by atoms with E-state index >= 15 is 0 Å². The van der Waals surface area contributed by atoms with E-state index in [1.54, 1.807) is 62.4 Å². The summed E-state index contributed by atoms with van der Waals surface area (Å²) in [4.78, 5) is 50.8. The van der Waals surface area contributed by atoms with Gasteiger partial charge in [-0.2, -0.15) is 13.2 Å². The number of rotatable bonds is 8. The molecule has 0 fully saturated rings. The molecule has 0 unspecified atom stereocenters. The monoisotopic (exact) mass is 652 g/mol. The second-order valence-corrected chi connectivity index (χ2v) is 11.5. The molecule has 2 aliphatic heterocycles. The Morgan fingerprint density at radius 2 is 0.792 bits per heavy atom. The minimum Gasteiger partial charge on any atom is -0.457 e. The maximum atomic E-state index is 14.7. The number of carbonyl (C=O) groups excluding carboxylic acids is 4. The van der Waals surface area contributed by atoms with E-state index < -0.39 is 35.2 Å². The summed E-state index contributed by atoms with van der Waals surface area (Å²) in [7, 11) is 0. The van der Waals surface area contributed by atoms with Crippen LogP contribution in [0.15, 0.2) is 120 Å². The second kappa shape index (κ2) is 12.0. The van der Waals surface area contributed by atoms with Crippen LogP contribution in [-0.2, 0) is 24.6 Å². The van der Waals surface area contributed by atoms with Gasteiger partial charge in [0, 0.05) is 23.3 Å². The number of hydrogen-bond acceptors (Lipinski definition) is 6. The van der Waals surface area contributed by atoms with Crippen molar-refractivity contribution in [1.82, 2.24) is 0 Å². The summed E-state index contributed by atoms with van der Waals surface area (Å²) < 4.78 is 55.7. The number of nitrogens with zero attached hydrogens (tertiary/aromatic N) is 2.